The molecule has 2 heterocycles. The first-order valence-corrected chi connectivity index (χ1v) is 6.76. The minimum Gasteiger partial charge on any atom is -0.383 e. The van der Waals surface area contributed by atoms with Crippen LogP contribution in [-0.4, -0.2) is 9.38 Å². The van der Waals surface area contributed by atoms with Crippen LogP contribution in [0.1, 0.15) is 5.56 Å². The first-order chi connectivity index (χ1) is 9.88. The molecule has 2 aromatic heterocycles. The molecule has 0 radical (unpaired) electrons. The standard InChI is InChI=1S/C14H9BrF3N3/c1-6-2-12-20-13(14(19)21(12)5-8(6)15)7-3-10(17)11(18)4-9(7)16/h2-5H,19H2,1H3. The predicted molar refractivity (Wildman–Crippen MR) is 77.4 cm³/mol. The molecular weight excluding hydrogens is 347 g/mol. The monoisotopic (exact) mass is 355 g/mol. The highest BCUT2D eigenvalue weighted by Gasteiger charge is 2.18. The van der Waals surface area contributed by atoms with Gasteiger partial charge in [-0.25, -0.2) is 18.2 Å². The summed E-state index contributed by atoms with van der Waals surface area (Å²) in [5.41, 5.74) is 7.25. The normalized spacial score (nSPS) is 11.3. The van der Waals surface area contributed by atoms with Gasteiger partial charge in [0.1, 0.15) is 23.0 Å². The molecule has 7 heteroatoms. The van der Waals surface area contributed by atoms with Crippen molar-refractivity contribution in [3.05, 3.63) is 51.9 Å². The van der Waals surface area contributed by atoms with E-state index in [1.807, 2.05) is 6.92 Å². The van der Waals surface area contributed by atoms with Crippen LogP contribution in [0.25, 0.3) is 16.9 Å². The van der Waals surface area contributed by atoms with Crippen LogP contribution in [0.3, 0.4) is 0 Å². The Bertz CT molecular complexity index is 874. The molecule has 0 bridgehead atoms. The van der Waals surface area contributed by atoms with Crippen molar-refractivity contribution in [2.45, 2.75) is 6.92 Å². The number of halogens is 4. The van der Waals surface area contributed by atoms with E-state index in [9.17, 15) is 13.2 Å². The Morgan fingerprint density at radius 2 is 1.76 bits per heavy atom. The molecule has 0 aliphatic rings. The maximum Gasteiger partial charge on any atom is 0.161 e. The molecule has 0 spiro atoms. The minimum atomic E-state index is -1.25. The SMILES string of the molecule is Cc1cc2nc(-c3cc(F)c(F)cc3F)c(N)n2cc1Br. The molecule has 3 aromatic rings. The van der Waals surface area contributed by atoms with E-state index in [4.69, 9.17) is 5.73 Å². The third kappa shape index (κ3) is 2.17. The Morgan fingerprint density at radius 1 is 1.10 bits per heavy atom. The van der Waals surface area contributed by atoms with Gasteiger partial charge < -0.3 is 5.73 Å². The molecule has 0 saturated carbocycles. The first kappa shape index (κ1) is 13.9. The molecule has 0 fully saturated rings. The summed E-state index contributed by atoms with van der Waals surface area (Å²) in [5, 5.41) is 0. The molecule has 0 aliphatic heterocycles. The zero-order valence-corrected chi connectivity index (χ0v) is 12.4. The lowest BCUT2D eigenvalue weighted by atomic mass is 10.1. The Balaban J connectivity index is 2.31. The number of nitrogens with zero attached hydrogens (tertiary/aromatic N) is 2. The molecule has 21 heavy (non-hydrogen) atoms. The maximum atomic E-state index is 13.9. The van der Waals surface area contributed by atoms with E-state index in [0.29, 0.717) is 11.7 Å². The van der Waals surface area contributed by atoms with Crippen LogP contribution in [0.5, 0.6) is 0 Å². The van der Waals surface area contributed by atoms with Crippen LogP contribution in [0.2, 0.25) is 0 Å². The summed E-state index contributed by atoms with van der Waals surface area (Å²) in [6.07, 6.45) is 1.69. The lowest BCUT2D eigenvalue weighted by Gasteiger charge is -2.03. The van der Waals surface area contributed by atoms with Crippen molar-refractivity contribution in [1.29, 1.82) is 0 Å². The number of nitrogen functional groups attached to an aromatic ring is 1. The summed E-state index contributed by atoms with van der Waals surface area (Å²) in [6, 6.07) is 2.99. The van der Waals surface area contributed by atoms with Gasteiger partial charge in [0.2, 0.25) is 0 Å². The largest absolute Gasteiger partial charge is 0.383 e. The molecule has 108 valence electrons. The molecule has 3 nitrogen and oxygen atoms in total. The summed E-state index contributed by atoms with van der Waals surface area (Å²) < 4.78 is 42.6. The lowest BCUT2D eigenvalue weighted by molar-refractivity contribution is 0.496. The number of benzene rings is 1. The second-order valence-electron chi connectivity index (χ2n) is 4.62. The van der Waals surface area contributed by atoms with Crippen molar-refractivity contribution in [2.24, 2.45) is 0 Å². The molecular formula is C14H9BrF3N3. The fraction of sp³-hybridized carbons (Fsp3) is 0.0714. The summed E-state index contributed by atoms with van der Waals surface area (Å²) >= 11 is 3.36. The van der Waals surface area contributed by atoms with Gasteiger partial charge in [-0.1, -0.05) is 0 Å². The molecule has 0 unspecified atom stereocenters. The summed E-state index contributed by atoms with van der Waals surface area (Å²) in [4.78, 5) is 4.20. The Labute approximate surface area is 126 Å². The van der Waals surface area contributed by atoms with Gasteiger partial charge in [0, 0.05) is 22.3 Å². The summed E-state index contributed by atoms with van der Waals surface area (Å²) in [5.74, 6) is -3.17. The van der Waals surface area contributed by atoms with Crippen molar-refractivity contribution in [3.63, 3.8) is 0 Å². The topological polar surface area (TPSA) is 43.3 Å². The third-order valence-electron chi connectivity index (χ3n) is 3.21. The second-order valence-corrected chi connectivity index (χ2v) is 5.48. The number of fused-ring (bicyclic) bond motifs is 1. The van der Waals surface area contributed by atoms with Crippen LogP contribution >= 0.6 is 15.9 Å². The highest BCUT2D eigenvalue weighted by atomic mass is 79.9. The summed E-state index contributed by atoms with van der Waals surface area (Å²) in [6.45, 7) is 1.87. The van der Waals surface area contributed by atoms with Crippen LogP contribution in [-0.2, 0) is 0 Å². The molecule has 0 aliphatic carbocycles. The van der Waals surface area contributed by atoms with Crippen molar-refractivity contribution in [1.82, 2.24) is 9.38 Å². The Morgan fingerprint density at radius 3 is 2.48 bits per heavy atom. The van der Waals surface area contributed by atoms with Crippen LogP contribution in [0, 0.1) is 24.4 Å². The number of imidazole rings is 1. The minimum absolute atomic E-state index is 0.0731. The van der Waals surface area contributed by atoms with Gasteiger partial charge in [-0.3, -0.25) is 4.40 Å². The predicted octanol–water partition coefficient (Wildman–Crippen LogP) is 4.07. The molecule has 2 N–H and O–H groups in total. The first-order valence-electron chi connectivity index (χ1n) is 5.97. The maximum absolute atomic E-state index is 13.9. The zero-order chi connectivity index (χ0) is 15.3. The van der Waals surface area contributed by atoms with E-state index in [0.717, 1.165) is 16.1 Å². The van der Waals surface area contributed by atoms with Gasteiger partial charge in [-0.15, -0.1) is 0 Å². The van der Waals surface area contributed by atoms with Crippen molar-refractivity contribution < 1.29 is 13.2 Å². The van der Waals surface area contributed by atoms with E-state index < -0.39 is 17.5 Å². The van der Waals surface area contributed by atoms with Gasteiger partial charge >= 0.3 is 0 Å². The van der Waals surface area contributed by atoms with Crippen molar-refractivity contribution in [3.8, 4) is 11.3 Å². The number of anilines is 1. The van der Waals surface area contributed by atoms with E-state index >= 15 is 0 Å². The smallest absolute Gasteiger partial charge is 0.161 e. The number of rotatable bonds is 1. The average Bonchev–Trinajstić information content (AvgIpc) is 2.72. The lowest BCUT2D eigenvalue weighted by Crippen LogP contribution is -1.97. The number of aryl methyl sites for hydroxylation is 1. The molecule has 0 atom stereocenters. The number of aromatic nitrogens is 2. The van der Waals surface area contributed by atoms with Crippen LogP contribution < -0.4 is 5.73 Å². The number of hydrogen-bond acceptors (Lipinski definition) is 2. The van der Waals surface area contributed by atoms with Gasteiger partial charge in [0.05, 0.1) is 0 Å². The Hall–Kier alpha value is -2.02. The van der Waals surface area contributed by atoms with Gasteiger partial charge in [-0.2, -0.15) is 0 Å². The van der Waals surface area contributed by atoms with Crippen LogP contribution in [0.15, 0.2) is 28.9 Å². The average molecular weight is 356 g/mol. The second kappa shape index (κ2) is 4.77. The fourth-order valence-corrected chi connectivity index (χ4v) is 2.40. The molecule has 1 aromatic carbocycles. The van der Waals surface area contributed by atoms with Gasteiger partial charge in [-0.05, 0) is 40.5 Å². The molecule has 0 amide bonds. The van der Waals surface area contributed by atoms with Crippen molar-refractivity contribution in [2.75, 3.05) is 5.73 Å². The summed E-state index contributed by atoms with van der Waals surface area (Å²) in [7, 11) is 0. The van der Waals surface area contributed by atoms with Gasteiger partial charge in [0.15, 0.2) is 11.6 Å². The van der Waals surface area contributed by atoms with E-state index in [1.165, 1.54) is 0 Å². The van der Waals surface area contributed by atoms with Crippen LogP contribution in [0.4, 0.5) is 19.0 Å². The number of nitrogens with two attached hydrogens (primary N) is 1. The van der Waals surface area contributed by atoms with Gasteiger partial charge in [0.25, 0.3) is 0 Å². The number of pyridine rings is 1. The number of hydrogen-bond donors (Lipinski definition) is 1. The van der Waals surface area contributed by atoms with E-state index in [-0.39, 0.29) is 17.1 Å². The van der Waals surface area contributed by atoms with E-state index in [1.54, 1.807) is 16.7 Å². The molecule has 3 rings (SSSR count). The molecule has 0 saturated heterocycles. The van der Waals surface area contributed by atoms with Crippen molar-refractivity contribution >= 4 is 27.4 Å². The highest BCUT2D eigenvalue weighted by Crippen LogP contribution is 2.31. The fourth-order valence-electron chi connectivity index (χ4n) is 2.08. The Kier molecular flexibility index (Phi) is 3.16. The van der Waals surface area contributed by atoms with E-state index in [2.05, 4.69) is 20.9 Å². The zero-order valence-electron chi connectivity index (χ0n) is 10.8. The highest BCUT2D eigenvalue weighted by molar-refractivity contribution is 9.10. The quantitative estimate of drug-likeness (QED) is 0.668. The third-order valence-corrected chi connectivity index (χ3v) is 4.04.